The van der Waals surface area contributed by atoms with E-state index in [4.69, 9.17) is 0 Å². The molecule has 1 aromatic carbocycles. The van der Waals surface area contributed by atoms with Crippen LogP contribution in [0, 0.1) is 5.82 Å². The summed E-state index contributed by atoms with van der Waals surface area (Å²) in [4.78, 5) is 0.816. The molecule has 1 nitrogen and oxygen atoms in total. The van der Waals surface area contributed by atoms with Gasteiger partial charge in [0.05, 0.1) is 15.4 Å². The molecule has 0 saturated carbocycles. The first-order chi connectivity index (χ1) is 9.74. The smallest absolute Gasteiger partial charge is 0.309 e. The molecule has 8 heteroatoms. The fraction of sp³-hybridized carbons (Fsp3) is 0.231. The summed E-state index contributed by atoms with van der Waals surface area (Å²) in [5.74, 6) is -1.27. The minimum Gasteiger partial charge on any atom is -0.309 e. The van der Waals surface area contributed by atoms with Crippen LogP contribution in [0.2, 0.25) is 0 Å². The fourth-order valence-electron chi connectivity index (χ4n) is 1.92. The molecule has 2 rings (SSSR count). The van der Waals surface area contributed by atoms with Gasteiger partial charge in [0.25, 0.3) is 0 Å². The molecule has 1 unspecified atom stereocenters. The second-order valence-corrected chi connectivity index (χ2v) is 7.49. The van der Waals surface area contributed by atoms with E-state index in [0.717, 1.165) is 25.3 Å². The lowest BCUT2D eigenvalue weighted by atomic mass is 10.0. The van der Waals surface area contributed by atoms with Crippen molar-refractivity contribution in [1.82, 2.24) is 5.32 Å². The average Bonchev–Trinajstić information content (AvgIpc) is 2.71. The van der Waals surface area contributed by atoms with Gasteiger partial charge in [0.1, 0.15) is 5.82 Å². The maximum absolute atomic E-state index is 13.4. The lowest BCUT2D eigenvalue weighted by molar-refractivity contribution is -0.140. The molecule has 114 valence electrons. The van der Waals surface area contributed by atoms with Gasteiger partial charge >= 0.3 is 6.18 Å². The van der Waals surface area contributed by atoms with Crippen molar-refractivity contribution in [3.63, 3.8) is 0 Å². The molecule has 0 aliphatic carbocycles. The highest BCUT2D eigenvalue weighted by molar-refractivity contribution is 9.13. The Morgan fingerprint density at radius 1 is 1.19 bits per heavy atom. The quantitative estimate of drug-likeness (QED) is 0.593. The third-order valence-corrected chi connectivity index (χ3v) is 6.19. The molecule has 1 N–H and O–H groups in total. The van der Waals surface area contributed by atoms with Gasteiger partial charge in [-0.15, -0.1) is 11.3 Å². The topological polar surface area (TPSA) is 12.0 Å². The highest BCUT2D eigenvalue weighted by atomic mass is 79.9. The Balaban J connectivity index is 2.48. The molecule has 1 heterocycles. The number of alkyl halides is 3. The number of rotatable bonds is 3. The van der Waals surface area contributed by atoms with E-state index in [2.05, 4.69) is 37.2 Å². The minimum atomic E-state index is -4.71. The van der Waals surface area contributed by atoms with Crippen molar-refractivity contribution in [2.45, 2.75) is 12.2 Å². The van der Waals surface area contributed by atoms with Gasteiger partial charge < -0.3 is 5.32 Å². The van der Waals surface area contributed by atoms with Crippen LogP contribution < -0.4 is 5.32 Å². The van der Waals surface area contributed by atoms with Gasteiger partial charge in [-0.1, -0.05) is 6.07 Å². The third-order valence-electron chi connectivity index (χ3n) is 2.87. The first-order valence-electron chi connectivity index (χ1n) is 5.72. The van der Waals surface area contributed by atoms with Crippen LogP contribution in [0.5, 0.6) is 0 Å². The average molecular weight is 447 g/mol. The third kappa shape index (κ3) is 3.67. The van der Waals surface area contributed by atoms with E-state index in [-0.39, 0.29) is 0 Å². The molecular formula is C13H9Br2F4NS. The standard InChI is InChI=1S/C13H9Br2F4NS/c1-20-11(10-5-8(14)12(15)21-10)6-2-3-9(16)7(4-6)13(17,18)19/h2-5,11,20H,1H3. The lowest BCUT2D eigenvalue weighted by Crippen LogP contribution is -2.18. The molecule has 1 atom stereocenters. The maximum atomic E-state index is 13.4. The Morgan fingerprint density at radius 2 is 1.86 bits per heavy atom. The molecule has 1 aromatic heterocycles. The first kappa shape index (κ1) is 16.9. The van der Waals surface area contributed by atoms with E-state index in [1.807, 2.05) is 6.07 Å². The second-order valence-electron chi connectivity index (χ2n) is 4.23. The molecule has 0 fully saturated rings. The van der Waals surface area contributed by atoms with Crippen LogP contribution in [0.4, 0.5) is 17.6 Å². The Kier molecular flexibility index (Phi) is 5.12. The largest absolute Gasteiger partial charge is 0.419 e. The van der Waals surface area contributed by atoms with E-state index < -0.39 is 23.6 Å². The molecular weight excluding hydrogens is 438 g/mol. The predicted octanol–water partition coefficient (Wildman–Crippen LogP) is 5.74. The highest BCUT2D eigenvalue weighted by Crippen LogP contribution is 2.39. The van der Waals surface area contributed by atoms with Gasteiger partial charge in [0.2, 0.25) is 0 Å². The molecule has 0 bridgehead atoms. The summed E-state index contributed by atoms with van der Waals surface area (Å²) in [7, 11) is 1.64. The van der Waals surface area contributed by atoms with Gasteiger partial charge in [-0.25, -0.2) is 4.39 Å². The van der Waals surface area contributed by atoms with Crippen molar-refractivity contribution in [3.05, 3.63) is 54.3 Å². The molecule has 0 saturated heterocycles. The van der Waals surface area contributed by atoms with Gasteiger partial charge in [-0.3, -0.25) is 0 Å². The first-order valence-corrected chi connectivity index (χ1v) is 8.13. The second kappa shape index (κ2) is 6.36. The Bertz CT molecular complexity index is 635. The minimum absolute atomic E-state index is 0.354. The summed E-state index contributed by atoms with van der Waals surface area (Å²) in [6.07, 6.45) is -4.71. The van der Waals surface area contributed by atoms with E-state index in [0.29, 0.717) is 5.56 Å². The Labute approximate surface area is 139 Å². The van der Waals surface area contributed by atoms with E-state index in [9.17, 15) is 17.6 Å². The summed E-state index contributed by atoms with van der Waals surface area (Å²) in [6, 6.07) is 4.41. The van der Waals surface area contributed by atoms with Crippen molar-refractivity contribution in [2.75, 3.05) is 7.05 Å². The van der Waals surface area contributed by atoms with Crippen molar-refractivity contribution in [3.8, 4) is 0 Å². The van der Waals surface area contributed by atoms with Gasteiger partial charge in [-0.05, 0) is 62.7 Å². The molecule has 0 spiro atoms. The summed E-state index contributed by atoms with van der Waals surface area (Å²) >= 11 is 8.08. The Hall–Kier alpha value is -0.440. The van der Waals surface area contributed by atoms with Crippen molar-refractivity contribution < 1.29 is 17.6 Å². The molecule has 21 heavy (non-hydrogen) atoms. The molecule has 0 radical (unpaired) electrons. The summed E-state index contributed by atoms with van der Waals surface area (Å²) < 4.78 is 53.4. The molecule has 0 amide bonds. The predicted molar refractivity (Wildman–Crippen MR) is 82.0 cm³/mol. The SMILES string of the molecule is CNC(c1ccc(F)c(C(F)(F)F)c1)c1cc(Br)c(Br)s1. The van der Waals surface area contributed by atoms with Crippen LogP contribution in [0.3, 0.4) is 0 Å². The normalized spacial score (nSPS) is 13.5. The van der Waals surface area contributed by atoms with Gasteiger partial charge in [-0.2, -0.15) is 13.2 Å². The van der Waals surface area contributed by atoms with E-state index in [1.54, 1.807) is 7.05 Å². The summed E-state index contributed by atoms with van der Waals surface area (Å²) in [5, 5.41) is 2.95. The zero-order chi connectivity index (χ0) is 15.8. The zero-order valence-electron chi connectivity index (χ0n) is 10.6. The summed E-state index contributed by atoms with van der Waals surface area (Å²) in [5.41, 5.74) is -0.901. The van der Waals surface area contributed by atoms with Crippen LogP contribution in [0.15, 0.2) is 32.5 Å². The van der Waals surface area contributed by atoms with Crippen molar-refractivity contribution in [1.29, 1.82) is 0 Å². The molecule has 0 aliphatic heterocycles. The van der Waals surface area contributed by atoms with E-state index >= 15 is 0 Å². The van der Waals surface area contributed by atoms with Gasteiger partial charge in [0, 0.05) is 9.35 Å². The lowest BCUT2D eigenvalue weighted by Gasteiger charge is -2.17. The summed E-state index contributed by atoms with van der Waals surface area (Å²) in [6.45, 7) is 0. The number of halogens is 6. The number of hydrogen-bond acceptors (Lipinski definition) is 2. The zero-order valence-corrected chi connectivity index (χ0v) is 14.6. The molecule has 0 aliphatic rings. The van der Waals surface area contributed by atoms with Crippen LogP contribution in [-0.2, 0) is 6.18 Å². The fourth-order valence-corrected chi connectivity index (χ4v) is 4.15. The Morgan fingerprint density at radius 3 is 2.33 bits per heavy atom. The van der Waals surface area contributed by atoms with Crippen LogP contribution in [0.1, 0.15) is 22.0 Å². The number of thiophene rings is 1. The maximum Gasteiger partial charge on any atom is 0.419 e. The monoisotopic (exact) mass is 445 g/mol. The van der Waals surface area contributed by atoms with Crippen LogP contribution in [-0.4, -0.2) is 7.05 Å². The molecule has 2 aromatic rings. The van der Waals surface area contributed by atoms with Crippen molar-refractivity contribution >= 4 is 43.2 Å². The van der Waals surface area contributed by atoms with Gasteiger partial charge in [0.15, 0.2) is 0 Å². The highest BCUT2D eigenvalue weighted by Gasteiger charge is 2.34. The number of benzene rings is 1. The number of hydrogen-bond donors (Lipinski definition) is 1. The van der Waals surface area contributed by atoms with Crippen LogP contribution >= 0.6 is 43.2 Å². The van der Waals surface area contributed by atoms with Crippen LogP contribution in [0.25, 0.3) is 0 Å². The van der Waals surface area contributed by atoms with E-state index in [1.165, 1.54) is 17.4 Å². The van der Waals surface area contributed by atoms with Crippen molar-refractivity contribution in [2.24, 2.45) is 0 Å². The number of nitrogens with one attached hydrogen (secondary N) is 1.